The molecule has 1 atom stereocenters. The minimum absolute atomic E-state index is 0.213. The van der Waals surface area contributed by atoms with E-state index in [2.05, 4.69) is 10.3 Å². The highest BCUT2D eigenvalue weighted by Gasteiger charge is 2.49. The van der Waals surface area contributed by atoms with E-state index in [1.165, 1.54) is 16.2 Å². The lowest BCUT2D eigenvalue weighted by molar-refractivity contribution is -0.131. The molecule has 2 aromatic heterocycles. The Labute approximate surface area is 130 Å². The lowest BCUT2D eigenvalue weighted by Crippen LogP contribution is -2.41. The quantitative estimate of drug-likeness (QED) is 0.884. The first-order valence-electron chi connectivity index (χ1n) is 6.30. The highest BCUT2D eigenvalue weighted by Crippen LogP contribution is 2.30. The zero-order valence-corrected chi connectivity index (χ0v) is 12.7. The van der Waals surface area contributed by atoms with Gasteiger partial charge in [0.1, 0.15) is 0 Å². The summed E-state index contributed by atoms with van der Waals surface area (Å²) < 4.78 is 0.629. The third-order valence-corrected chi connectivity index (χ3v) is 4.61. The van der Waals surface area contributed by atoms with Crippen LogP contribution < -0.4 is 5.32 Å². The molecular weight excluding hydrogens is 310 g/mol. The SMILES string of the molecule is CC1(c2ccccn2)NC(=O)N(Cc2ccc(Cl)s2)C1=O. The van der Waals surface area contributed by atoms with Crippen LogP contribution in [0.1, 0.15) is 17.5 Å². The fraction of sp³-hybridized carbons (Fsp3) is 0.214. The number of nitrogens with one attached hydrogen (secondary N) is 1. The van der Waals surface area contributed by atoms with E-state index >= 15 is 0 Å². The predicted molar refractivity (Wildman–Crippen MR) is 80.0 cm³/mol. The number of carbonyl (C=O) groups excluding carboxylic acids is 2. The van der Waals surface area contributed by atoms with Crippen molar-refractivity contribution in [1.82, 2.24) is 15.2 Å². The Morgan fingerprint density at radius 3 is 2.76 bits per heavy atom. The van der Waals surface area contributed by atoms with Crippen LogP contribution >= 0.6 is 22.9 Å². The molecule has 108 valence electrons. The van der Waals surface area contributed by atoms with E-state index in [9.17, 15) is 9.59 Å². The molecule has 1 N–H and O–H groups in total. The molecule has 0 spiro atoms. The van der Waals surface area contributed by atoms with Gasteiger partial charge in [-0.15, -0.1) is 11.3 Å². The van der Waals surface area contributed by atoms with Gasteiger partial charge in [-0.3, -0.25) is 14.7 Å². The second-order valence-electron chi connectivity index (χ2n) is 4.87. The van der Waals surface area contributed by atoms with Crippen molar-refractivity contribution >= 4 is 34.9 Å². The van der Waals surface area contributed by atoms with Gasteiger partial charge in [0.2, 0.25) is 0 Å². The Hall–Kier alpha value is -1.92. The van der Waals surface area contributed by atoms with Gasteiger partial charge in [-0.1, -0.05) is 17.7 Å². The monoisotopic (exact) mass is 321 g/mol. The highest BCUT2D eigenvalue weighted by molar-refractivity contribution is 7.16. The van der Waals surface area contributed by atoms with Crippen LogP contribution in [0.4, 0.5) is 4.79 Å². The average Bonchev–Trinajstić information content (AvgIpc) is 2.98. The Morgan fingerprint density at radius 1 is 1.33 bits per heavy atom. The average molecular weight is 322 g/mol. The lowest BCUT2D eigenvalue weighted by Gasteiger charge is -2.20. The molecule has 0 aliphatic carbocycles. The molecule has 21 heavy (non-hydrogen) atoms. The smallest absolute Gasteiger partial charge is 0.318 e. The second-order valence-corrected chi connectivity index (χ2v) is 6.67. The number of hydrogen-bond acceptors (Lipinski definition) is 4. The molecule has 1 unspecified atom stereocenters. The maximum atomic E-state index is 12.6. The molecule has 3 amide bonds. The van der Waals surface area contributed by atoms with E-state index in [0.717, 1.165) is 4.88 Å². The fourth-order valence-electron chi connectivity index (χ4n) is 2.27. The third-order valence-electron chi connectivity index (χ3n) is 3.39. The zero-order chi connectivity index (χ0) is 15.0. The van der Waals surface area contributed by atoms with Crippen molar-refractivity contribution in [3.05, 3.63) is 51.4 Å². The van der Waals surface area contributed by atoms with E-state index in [0.29, 0.717) is 10.0 Å². The minimum Gasteiger partial charge on any atom is -0.318 e. The van der Waals surface area contributed by atoms with Gasteiger partial charge in [-0.05, 0) is 31.2 Å². The molecule has 3 heterocycles. The number of aromatic nitrogens is 1. The Bertz CT molecular complexity index is 703. The number of halogens is 1. The van der Waals surface area contributed by atoms with Crippen LogP contribution in [-0.2, 0) is 16.9 Å². The van der Waals surface area contributed by atoms with Crippen LogP contribution in [0.25, 0.3) is 0 Å². The normalized spacial score (nSPS) is 21.7. The van der Waals surface area contributed by atoms with E-state index in [1.807, 2.05) is 6.07 Å². The number of carbonyl (C=O) groups is 2. The van der Waals surface area contributed by atoms with Crippen molar-refractivity contribution in [3.8, 4) is 0 Å². The largest absolute Gasteiger partial charge is 0.325 e. The summed E-state index contributed by atoms with van der Waals surface area (Å²) in [4.78, 5) is 31.0. The summed E-state index contributed by atoms with van der Waals surface area (Å²) in [6.45, 7) is 1.88. The molecule has 5 nitrogen and oxygen atoms in total. The Morgan fingerprint density at radius 2 is 2.14 bits per heavy atom. The molecule has 1 aliphatic rings. The van der Waals surface area contributed by atoms with Crippen molar-refractivity contribution in [2.75, 3.05) is 0 Å². The topological polar surface area (TPSA) is 62.3 Å². The molecule has 0 saturated carbocycles. The summed E-state index contributed by atoms with van der Waals surface area (Å²) in [5.41, 5.74) is -0.602. The molecule has 1 saturated heterocycles. The van der Waals surface area contributed by atoms with Gasteiger partial charge >= 0.3 is 6.03 Å². The summed E-state index contributed by atoms with van der Waals surface area (Å²) in [6, 6.07) is 8.41. The second kappa shape index (κ2) is 5.13. The summed E-state index contributed by atoms with van der Waals surface area (Å²) in [6.07, 6.45) is 1.60. The molecule has 7 heteroatoms. The predicted octanol–water partition coefficient (Wildman–Crippen LogP) is 2.76. The van der Waals surface area contributed by atoms with Crippen molar-refractivity contribution < 1.29 is 9.59 Å². The number of amides is 3. The van der Waals surface area contributed by atoms with Gasteiger partial charge in [0.25, 0.3) is 5.91 Å². The summed E-state index contributed by atoms with van der Waals surface area (Å²) >= 11 is 7.23. The van der Waals surface area contributed by atoms with E-state index in [1.54, 1.807) is 37.4 Å². The summed E-state index contributed by atoms with van der Waals surface area (Å²) in [7, 11) is 0. The van der Waals surface area contributed by atoms with E-state index < -0.39 is 11.6 Å². The van der Waals surface area contributed by atoms with Gasteiger partial charge in [0.05, 0.1) is 16.6 Å². The van der Waals surface area contributed by atoms with Gasteiger partial charge in [-0.2, -0.15) is 0 Å². The molecule has 0 aromatic carbocycles. The van der Waals surface area contributed by atoms with Crippen molar-refractivity contribution in [3.63, 3.8) is 0 Å². The molecule has 0 bridgehead atoms. The number of hydrogen-bond donors (Lipinski definition) is 1. The Kier molecular flexibility index (Phi) is 3.43. The van der Waals surface area contributed by atoms with Crippen molar-refractivity contribution in [2.45, 2.75) is 19.0 Å². The van der Waals surface area contributed by atoms with Crippen LogP contribution in [-0.4, -0.2) is 21.8 Å². The number of nitrogens with zero attached hydrogens (tertiary/aromatic N) is 2. The van der Waals surface area contributed by atoms with Crippen LogP contribution in [0.3, 0.4) is 0 Å². The molecule has 1 fully saturated rings. The number of rotatable bonds is 3. The van der Waals surface area contributed by atoms with Gasteiger partial charge in [-0.25, -0.2) is 4.79 Å². The lowest BCUT2D eigenvalue weighted by atomic mass is 9.97. The Balaban J connectivity index is 1.88. The summed E-state index contributed by atoms with van der Waals surface area (Å²) in [5, 5.41) is 2.72. The van der Waals surface area contributed by atoms with E-state index in [4.69, 9.17) is 11.6 Å². The molecular formula is C14H12ClN3O2S. The maximum absolute atomic E-state index is 12.6. The molecule has 3 rings (SSSR count). The molecule has 1 aliphatic heterocycles. The van der Waals surface area contributed by atoms with Crippen LogP contribution in [0, 0.1) is 0 Å². The third kappa shape index (κ3) is 2.41. The number of pyridine rings is 1. The minimum atomic E-state index is -1.13. The fourth-order valence-corrected chi connectivity index (χ4v) is 3.34. The van der Waals surface area contributed by atoms with Crippen LogP contribution in [0.5, 0.6) is 0 Å². The molecule has 0 radical (unpaired) electrons. The van der Waals surface area contributed by atoms with Gasteiger partial charge in [0, 0.05) is 11.1 Å². The summed E-state index contributed by atoms with van der Waals surface area (Å²) in [5.74, 6) is -0.310. The standard InChI is InChI=1S/C14H12ClN3O2S/c1-14(10-4-2-3-7-16-10)12(19)18(13(20)17-14)8-9-5-6-11(15)21-9/h2-7H,8H2,1H3,(H,17,20). The number of imide groups is 1. The van der Waals surface area contributed by atoms with Gasteiger partial charge in [0.15, 0.2) is 5.54 Å². The maximum Gasteiger partial charge on any atom is 0.325 e. The van der Waals surface area contributed by atoms with Crippen molar-refractivity contribution in [1.29, 1.82) is 0 Å². The first kappa shape index (κ1) is 14.0. The molecule has 2 aromatic rings. The number of urea groups is 1. The van der Waals surface area contributed by atoms with E-state index in [-0.39, 0.29) is 12.5 Å². The van der Waals surface area contributed by atoms with Crippen molar-refractivity contribution in [2.24, 2.45) is 0 Å². The first-order chi connectivity index (χ1) is 10.0. The number of thiophene rings is 1. The van der Waals surface area contributed by atoms with Crippen LogP contribution in [0.15, 0.2) is 36.5 Å². The first-order valence-corrected chi connectivity index (χ1v) is 7.50. The van der Waals surface area contributed by atoms with Crippen LogP contribution in [0.2, 0.25) is 4.34 Å². The highest BCUT2D eigenvalue weighted by atomic mass is 35.5. The zero-order valence-electron chi connectivity index (χ0n) is 11.2. The van der Waals surface area contributed by atoms with Gasteiger partial charge < -0.3 is 5.32 Å².